The average molecular weight is 918 g/mol. The zero-order valence-corrected chi connectivity index (χ0v) is 38.0. The summed E-state index contributed by atoms with van der Waals surface area (Å²) >= 11 is 0. The van der Waals surface area contributed by atoms with Crippen LogP contribution in [-0.2, 0) is 38.6 Å². The normalized spacial score (nSPS) is 17.0. The summed E-state index contributed by atoms with van der Waals surface area (Å²) < 4.78 is 9.65. The van der Waals surface area contributed by atoms with Crippen LogP contribution < -0.4 is 11.0 Å². The van der Waals surface area contributed by atoms with Crippen LogP contribution in [0.5, 0.6) is 0 Å². The molecule has 6 aliphatic heterocycles. The van der Waals surface area contributed by atoms with Gasteiger partial charge in [-0.25, -0.2) is 0 Å². The summed E-state index contributed by atoms with van der Waals surface area (Å²) in [4.78, 5) is 23.5. The van der Waals surface area contributed by atoms with Gasteiger partial charge in [0.05, 0.1) is 33.0 Å². The predicted octanol–water partition coefficient (Wildman–Crippen LogP) is 10.4. The molecule has 0 aliphatic carbocycles. The monoisotopic (exact) mass is 917 g/mol. The first-order chi connectivity index (χ1) is 32.3. The summed E-state index contributed by atoms with van der Waals surface area (Å²) in [5.41, 5.74) is 14.8. The summed E-state index contributed by atoms with van der Waals surface area (Å²) in [6.07, 6.45) is 0. The van der Waals surface area contributed by atoms with Gasteiger partial charge >= 0.3 is 5.91 Å². The van der Waals surface area contributed by atoms with E-state index >= 15 is 0 Å². The third kappa shape index (κ3) is 4.28. The van der Waals surface area contributed by atoms with Crippen LogP contribution in [0, 0.1) is 0 Å². The molecule has 10 aromatic rings. The Labute approximate surface area is 402 Å². The van der Waals surface area contributed by atoms with Crippen molar-refractivity contribution in [1.29, 1.82) is 0 Å². The minimum absolute atomic E-state index is 0. The molecule has 1 spiro atoms. The molecule has 8 nitrogen and oxygen atoms in total. The van der Waals surface area contributed by atoms with E-state index in [1.807, 2.05) is 0 Å². The molecular weight excluding hydrogens is 886 g/mol. The van der Waals surface area contributed by atoms with Gasteiger partial charge in [0.2, 0.25) is 22.6 Å². The zero-order valence-electron chi connectivity index (χ0n) is 35.1. The Hall–Kier alpha value is -7.78. The molecule has 1 radical (unpaired) electrons. The first kappa shape index (κ1) is 36.6. The van der Waals surface area contributed by atoms with Crippen LogP contribution in [-0.4, -0.2) is 41.6 Å². The fraction of sp³-hybridized carbons (Fsp3) is 0.0175. The Morgan fingerprint density at radius 1 is 0.333 bits per heavy atom. The molecule has 1 atom stereocenters. The van der Waals surface area contributed by atoms with Gasteiger partial charge in [0.15, 0.2) is 0 Å². The summed E-state index contributed by atoms with van der Waals surface area (Å²) in [5.74, 6) is 3.91. The molecule has 0 amide bonds. The predicted molar refractivity (Wildman–Crippen MR) is 255 cm³/mol. The van der Waals surface area contributed by atoms with Crippen LogP contribution in [0.3, 0.4) is 0 Å². The second-order valence-corrected chi connectivity index (χ2v) is 17.4. The molecule has 0 saturated heterocycles. The molecule has 16 rings (SSSR count). The summed E-state index contributed by atoms with van der Waals surface area (Å²) in [6.45, 7) is 0. The van der Waals surface area contributed by atoms with E-state index in [2.05, 4.69) is 212 Å². The topological polar surface area (TPSA) is 65.3 Å². The van der Waals surface area contributed by atoms with Crippen molar-refractivity contribution in [3.05, 3.63) is 227 Å². The van der Waals surface area contributed by atoms with Crippen LogP contribution in [0.1, 0.15) is 22.3 Å². The largest absolute Gasteiger partial charge is 0.404 e. The Morgan fingerprint density at radius 2 is 0.803 bits per heavy atom. The van der Waals surface area contributed by atoms with E-state index in [1.165, 1.54) is 0 Å². The van der Waals surface area contributed by atoms with E-state index in [9.17, 15) is 0 Å². The molecule has 6 aliphatic rings. The third-order valence-electron chi connectivity index (χ3n) is 14.2. The number of amidine groups is 4. The van der Waals surface area contributed by atoms with Crippen molar-refractivity contribution in [3.63, 3.8) is 0 Å². The second-order valence-electron chi connectivity index (χ2n) is 17.4. The van der Waals surface area contributed by atoms with Crippen LogP contribution >= 0.6 is 0 Å². The van der Waals surface area contributed by atoms with Crippen molar-refractivity contribution in [2.45, 2.75) is 5.91 Å². The van der Waals surface area contributed by atoms with E-state index in [4.69, 9.17) is 20.0 Å². The minimum atomic E-state index is -1.17. The van der Waals surface area contributed by atoms with E-state index in [0.717, 1.165) is 134 Å². The van der Waals surface area contributed by atoms with Gasteiger partial charge in [0.25, 0.3) is 23.3 Å². The third-order valence-corrected chi connectivity index (χ3v) is 14.2. The summed E-state index contributed by atoms with van der Waals surface area (Å²) in [7, 11) is 0. The van der Waals surface area contributed by atoms with Crippen molar-refractivity contribution in [3.8, 4) is 44.5 Å². The molecule has 0 fully saturated rings. The Balaban J connectivity index is 0.00000400. The number of aliphatic imine (C=N–C) groups is 2. The van der Waals surface area contributed by atoms with Gasteiger partial charge in [-0.3, -0.25) is 0 Å². The number of nitrogens with zero attached hydrogens (tertiary/aromatic N) is 8. The van der Waals surface area contributed by atoms with Gasteiger partial charge in [0, 0.05) is 43.5 Å². The zero-order chi connectivity index (χ0) is 42.1. The number of benzene rings is 8. The van der Waals surface area contributed by atoms with Gasteiger partial charge < -0.3 is 0 Å². The fourth-order valence-electron chi connectivity index (χ4n) is 11.7. The Morgan fingerprint density at radius 3 is 1.44 bits per heavy atom. The van der Waals surface area contributed by atoms with Crippen LogP contribution in [0.2, 0.25) is 0 Å². The first-order valence-corrected chi connectivity index (χ1v) is 22.1. The van der Waals surface area contributed by atoms with Gasteiger partial charge in [-0.15, -0.1) is 9.15 Å². The van der Waals surface area contributed by atoms with Gasteiger partial charge in [-0.2, -0.15) is 9.13 Å². The number of hydrogen-bond donors (Lipinski definition) is 0. The average Bonchev–Trinajstić information content (AvgIpc) is 4.10. The molecular formula is C57H32N8Y+2. The van der Waals surface area contributed by atoms with Crippen LogP contribution in [0.15, 0.2) is 214 Å². The molecule has 8 aromatic carbocycles. The quantitative estimate of drug-likeness (QED) is 0.158. The van der Waals surface area contributed by atoms with E-state index < -0.39 is 5.91 Å². The van der Waals surface area contributed by atoms with Crippen molar-refractivity contribution in [2.75, 3.05) is 0 Å². The van der Waals surface area contributed by atoms with Crippen molar-refractivity contribution in [1.82, 2.24) is 9.13 Å². The number of fused-ring (bicyclic) bond motifs is 12. The molecule has 301 valence electrons. The van der Waals surface area contributed by atoms with Crippen LogP contribution in [0.25, 0.3) is 66.1 Å². The molecule has 0 N–H and O–H groups in total. The van der Waals surface area contributed by atoms with Gasteiger partial charge in [-0.05, 0) is 68.8 Å². The maximum absolute atomic E-state index is 5.87. The summed E-state index contributed by atoms with van der Waals surface area (Å²) in [6, 6.07) is 69.2. The Kier molecular flexibility index (Phi) is 7.17. The standard InChI is InChI=1S/C57H32N8.Y/c1-5-17-33(18-6-1)37-25-13-29-41-45(37)53-58-50-42-30-14-26-38(34-19-7-2-8-20-34)46(42)55-60-52-44-32-16-28-40(36-23-11-4-12-24-36)48(44)56-61-51-43-31-15-27-39(35-21-9-3-10-22-35)47(43)54-59-49(41)62(53)57(63(50)55,64(51)54)65(52)56;/h1-32H;/q+2;. The van der Waals surface area contributed by atoms with Gasteiger partial charge in [-0.1, -0.05) is 190 Å². The maximum Gasteiger partial charge on any atom is 0.404 e. The van der Waals surface area contributed by atoms with Crippen molar-refractivity contribution in [2.24, 2.45) is 20.0 Å². The number of hydrogen-bond acceptors (Lipinski definition) is 4. The van der Waals surface area contributed by atoms with Gasteiger partial charge in [0.1, 0.15) is 0 Å². The second kappa shape index (κ2) is 12.9. The van der Waals surface area contributed by atoms with E-state index in [1.54, 1.807) is 0 Å². The van der Waals surface area contributed by atoms with Crippen LogP contribution in [0.4, 0.5) is 11.6 Å². The molecule has 0 bridgehead atoms. The molecule has 2 aromatic heterocycles. The minimum Gasteiger partial charge on any atom is -0.192 e. The molecule has 0 saturated carbocycles. The number of aromatic nitrogens is 2. The smallest absolute Gasteiger partial charge is 0.192 e. The summed E-state index contributed by atoms with van der Waals surface area (Å²) in [5, 5.41) is 4.19. The molecule has 1 unspecified atom stereocenters. The molecule has 8 heterocycles. The SMILES string of the molecule is [Y].c1ccc(-c2cccc3c2C2=Nc4c5cccc(-c6ccccc6)c5c5n4C46n7c(c8cccc(-c9ccccc9)c8c7=NC3=[N+]24)=NC2=[N+]6C(=N5)c3cccc(-c4ccccc4)c32)cc1. The first-order valence-electron chi connectivity index (χ1n) is 22.1. The van der Waals surface area contributed by atoms with E-state index in [0.29, 0.717) is 0 Å². The molecule has 9 heteroatoms. The molecule has 66 heavy (non-hydrogen) atoms. The number of rotatable bonds is 4. The maximum atomic E-state index is 5.87. The fourth-order valence-corrected chi connectivity index (χ4v) is 11.7. The Bertz CT molecular complexity index is 4140. The van der Waals surface area contributed by atoms with E-state index in [-0.39, 0.29) is 32.7 Å². The van der Waals surface area contributed by atoms with Crippen molar-refractivity contribution < 1.29 is 41.9 Å². The van der Waals surface area contributed by atoms with Crippen molar-refractivity contribution >= 4 is 56.5 Å².